The molecule has 3 aromatic rings. The number of ether oxygens (including phenoxy) is 2. The van der Waals surface area contributed by atoms with Crippen molar-refractivity contribution in [1.82, 2.24) is 15.3 Å². The third kappa shape index (κ3) is 5.39. The summed E-state index contributed by atoms with van der Waals surface area (Å²) in [5.41, 5.74) is 5.40. The SMILES string of the molecule is C/C=C1\C(=NC(C)C)C(c2cc(O)cc3ccc(F)c(CC)c23)=C(C)c2nc(OCC3(CF)COC3)nc(N3CC4CCC3CN4)c21. The van der Waals surface area contributed by atoms with Gasteiger partial charge in [0.2, 0.25) is 0 Å². The van der Waals surface area contributed by atoms with Gasteiger partial charge in [-0.25, -0.2) is 4.39 Å². The third-order valence-electron chi connectivity index (χ3n) is 10.0. The van der Waals surface area contributed by atoms with E-state index in [4.69, 9.17) is 24.4 Å². The molecule has 2 unspecified atom stereocenters. The number of piperazine rings is 1. The molecule has 8 nitrogen and oxygen atoms in total. The quantitative estimate of drug-likeness (QED) is 0.288. The van der Waals surface area contributed by atoms with Gasteiger partial charge in [0.25, 0.3) is 0 Å². The molecule has 0 amide bonds. The molecular weight excluding hydrogens is 600 g/mol. The number of piperidine rings is 2. The number of benzene rings is 2. The van der Waals surface area contributed by atoms with Crippen molar-refractivity contribution < 1.29 is 23.4 Å². The topological polar surface area (TPSA) is 92.1 Å². The van der Waals surface area contributed by atoms with Crippen LogP contribution in [0.1, 0.15) is 69.8 Å². The zero-order valence-electron chi connectivity index (χ0n) is 27.8. The Kier molecular flexibility index (Phi) is 8.29. The fourth-order valence-electron chi connectivity index (χ4n) is 7.59. The van der Waals surface area contributed by atoms with Crippen LogP contribution in [0, 0.1) is 11.2 Å². The Bertz CT molecular complexity index is 1820. The van der Waals surface area contributed by atoms with Crippen molar-refractivity contribution in [3.8, 4) is 11.8 Å². The molecule has 2 bridgehead atoms. The number of aromatic nitrogens is 2. The Morgan fingerprint density at radius 1 is 1.23 bits per heavy atom. The maximum atomic E-state index is 15.4. The zero-order valence-corrected chi connectivity index (χ0v) is 27.8. The number of aliphatic imine (C=N–C) groups is 1. The van der Waals surface area contributed by atoms with Crippen LogP contribution in [0.5, 0.6) is 11.8 Å². The Labute approximate surface area is 274 Å². The van der Waals surface area contributed by atoms with E-state index in [1.54, 1.807) is 18.2 Å². The van der Waals surface area contributed by atoms with E-state index in [-0.39, 0.29) is 36.3 Å². The highest BCUT2D eigenvalue weighted by Crippen LogP contribution is 2.48. The van der Waals surface area contributed by atoms with Gasteiger partial charge < -0.3 is 24.8 Å². The maximum Gasteiger partial charge on any atom is 0.318 e. The summed E-state index contributed by atoms with van der Waals surface area (Å²) in [6.07, 6.45) is 4.69. The number of hydrogen-bond donors (Lipinski definition) is 2. The lowest BCUT2D eigenvalue weighted by molar-refractivity contribution is -0.142. The lowest BCUT2D eigenvalue weighted by Gasteiger charge is -2.47. The molecule has 0 spiro atoms. The third-order valence-corrected chi connectivity index (χ3v) is 10.0. The Morgan fingerprint density at radius 3 is 2.64 bits per heavy atom. The van der Waals surface area contributed by atoms with Crippen LogP contribution in [0.25, 0.3) is 27.5 Å². The Morgan fingerprint density at radius 2 is 2.04 bits per heavy atom. The van der Waals surface area contributed by atoms with Crippen LogP contribution in [0.3, 0.4) is 0 Å². The fraction of sp³-hybridized carbons (Fsp3) is 0.486. The first-order chi connectivity index (χ1) is 22.7. The van der Waals surface area contributed by atoms with Gasteiger partial charge in [0.05, 0.1) is 35.6 Å². The van der Waals surface area contributed by atoms with E-state index in [0.29, 0.717) is 42.5 Å². The van der Waals surface area contributed by atoms with Gasteiger partial charge in [-0.15, -0.1) is 0 Å². The van der Waals surface area contributed by atoms with Gasteiger partial charge in [0, 0.05) is 42.4 Å². The number of phenolic OH excluding ortho intramolecular Hbond substituents is 1. The van der Waals surface area contributed by atoms with Crippen molar-refractivity contribution in [3.63, 3.8) is 0 Å². The summed E-state index contributed by atoms with van der Waals surface area (Å²) >= 11 is 0. The van der Waals surface area contributed by atoms with Crippen molar-refractivity contribution in [2.45, 2.75) is 72.0 Å². The summed E-state index contributed by atoms with van der Waals surface area (Å²) in [4.78, 5) is 17.7. The van der Waals surface area contributed by atoms with Gasteiger partial charge >= 0.3 is 6.01 Å². The molecule has 1 aromatic heterocycles. The van der Waals surface area contributed by atoms with Gasteiger partial charge in [-0.1, -0.05) is 19.1 Å². The lowest BCUT2D eigenvalue weighted by atomic mass is 9.78. The summed E-state index contributed by atoms with van der Waals surface area (Å²) in [6.45, 7) is 11.8. The molecule has 0 saturated carbocycles. The van der Waals surface area contributed by atoms with Crippen LogP contribution in [0.4, 0.5) is 14.6 Å². The first kappa shape index (κ1) is 31.7. The van der Waals surface area contributed by atoms with E-state index in [2.05, 4.69) is 16.3 Å². The van der Waals surface area contributed by atoms with E-state index < -0.39 is 12.1 Å². The number of anilines is 1. The number of phenols is 1. The van der Waals surface area contributed by atoms with Crippen molar-refractivity contribution in [1.29, 1.82) is 0 Å². The molecule has 2 atom stereocenters. The second kappa shape index (κ2) is 12.3. The lowest BCUT2D eigenvalue weighted by Crippen LogP contribution is -2.61. The van der Waals surface area contributed by atoms with E-state index in [0.717, 1.165) is 70.5 Å². The molecule has 10 heteroatoms. The minimum atomic E-state index is -0.698. The normalized spacial score (nSPS) is 23.6. The standard InChI is InChI=1S/C37H43F2N5O3/c1-6-26-29(39)11-8-22-12-25(45)13-28(31(22)26)30-21(5)33-32(27(7-2)34(30)41-20(3)4)35(44-15-23-9-10-24(44)14-40-23)43-36(42-33)47-19-37(16-38)17-46-18-37/h7-8,11-13,20,23-24,40,45H,6,9-10,14-19H2,1-5H3/b27-7-,41-34?. The van der Waals surface area contributed by atoms with Gasteiger partial charge in [-0.3, -0.25) is 9.38 Å². The van der Waals surface area contributed by atoms with Crippen molar-refractivity contribution in [2.24, 2.45) is 10.4 Å². The number of nitrogens with one attached hydrogen (secondary N) is 1. The maximum absolute atomic E-state index is 15.4. The molecule has 5 heterocycles. The zero-order chi connectivity index (χ0) is 33.0. The highest BCUT2D eigenvalue weighted by Gasteiger charge is 2.42. The van der Waals surface area contributed by atoms with Crippen LogP contribution < -0.4 is 15.0 Å². The number of halogens is 2. The summed E-state index contributed by atoms with van der Waals surface area (Å²) in [5, 5.41) is 16.1. The second-order valence-corrected chi connectivity index (χ2v) is 13.7. The Balaban J connectivity index is 1.51. The van der Waals surface area contributed by atoms with Crippen LogP contribution in [-0.2, 0) is 11.2 Å². The average Bonchev–Trinajstić information content (AvgIpc) is 3.05. The molecule has 47 heavy (non-hydrogen) atoms. The molecule has 5 aliphatic rings. The predicted octanol–water partition coefficient (Wildman–Crippen LogP) is 6.54. The highest BCUT2D eigenvalue weighted by molar-refractivity contribution is 6.51. The number of allylic oxidation sites excluding steroid dienone is 4. The average molecular weight is 644 g/mol. The molecule has 248 valence electrons. The first-order valence-electron chi connectivity index (χ1n) is 16.8. The molecular formula is C37H43F2N5O3. The van der Waals surface area contributed by atoms with Gasteiger partial charge in [0.15, 0.2) is 0 Å². The van der Waals surface area contributed by atoms with Crippen LogP contribution in [-0.4, -0.2) is 78.5 Å². The van der Waals surface area contributed by atoms with E-state index in [1.165, 1.54) is 6.07 Å². The van der Waals surface area contributed by atoms with Gasteiger partial charge in [-0.2, -0.15) is 9.97 Å². The van der Waals surface area contributed by atoms with Crippen molar-refractivity contribution in [3.05, 3.63) is 58.5 Å². The Hall–Kier alpha value is -3.89. The summed E-state index contributed by atoms with van der Waals surface area (Å²) in [6, 6.07) is 7.30. The van der Waals surface area contributed by atoms with E-state index >= 15 is 4.39 Å². The first-order valence-corrected chi connectivity index (χ1v) is 16.8. The molecule has 2 aromatic carbocycles. The van der Waals surface area contributed by atoms with Crippen molar-refractivity contribution >= 4 is 39.0 Å². The largest absolute Gasteiger partial charge is 0.508 e. The van der Waals surface area contributed by atoms with Crippen LogP contribution >= 0.6 is 0 Å². The molecule has 1 aliphatic carbocycles. The van der Waals surface area contributed by atoms with Crippen LogP contribution in [0.2, 0.25) is 0 Å². The molecule has 4 saturated heterocycles. The molecule has 4 aliphatic heterocycles. The number of fused-ring (bicyclic) bond motifs is 5. The van der Waals surface area contributed by atoms with Crippen molar-refractivity contribution in [2.75, 3.05) is 44.5 Å². The fourth-order valence-corrected chi connectivity index (χ4v) is 7.59. The minimum Gasteiger partial charge on any atom is -0.508 e. The minimum absolute atomic E-state index is 0.0565. The predicted molar refractivity (Wildman–Crippen MR) is 183 cm³/mol. The second-order valence-electron chi connectivity index (χ2n) is 13.7. The number of hydrogen-bond acceptors (Lipinski definition) is 8. The van der Waals surface area contributed by atoms with Gasteiger partial charge in [0.1, 0.15) is 30.7 Å². The molecule has 2 N–H and O–H groups in total. The molecule has 0 radical (unpaired) electrons. The van der Waals surface area contributed by atoms with E-state index in [9.17, 15) is 9.50 Å². The number of aryl methyl sites for hydroxylation is 1. The monoisotopic (exact) mass is 643 g/mol. The van der Waals surface area contributed by atoms with E-state index in [1.807, 2.05) is 34.6 Å². The summed E-state index contributed by atoms with van der Waals surface area (Å²) in [7, 11) is 0. The van der Waals surface area contributed by atoms with Gasteiger partial charge in [-0.05, 0) is 92.6 Å². The molecule has 4 fully saturated rings. The number of alkyl halides is 1. The highest BCUT2D eigenvalue weighted by atomic mass is 19.1. The number of nitrogens with zero attached hydrogens (tertiary/aromatic N) is 4. The number of aromatic hydroxyl groups is 1. The number of rotatable bonds is 8. The molecule has 8 rings (SSSR count). The summed E-state index contributed by atoms with van der Waals surface area (Å²) < 4.78 is 41.0. The summed E-state index contributed by atoms with van der Waals surface area (Å²) in [5.74, 6) is 0.580. The smallest absolute Gasteiger partial charge is 0.318 e. The van der Waals surface area contributed by atoms with Crippen LogP contribution in [0.15, 0.2) is 35.3 Å².